The number of aliphatic hydroxyl groups is 1. The van der Waals surface area contributed by atoms with E-state index in [1.54, 1.807) is 12.1 Å². The number of benzene rings is 1. The number of anilines is 1. The summed E-state index contributed by atoms with van der Waals surface area (Å²) < 4.78 is 0. The highest BCUT2D eigenvalue weighted by Crippen LogP contribution is 2.29. The smallest absolute Gasteiger partial charge is 0.189 e. The lowest BCUT2D eigenvalue weighted by atomic mass is 10.1. The van der Waals surface area contributed by atoms with Crippen molar-refractivity contribution in [2.45, 2.75) is 11.6 Å². The highest BCUT2D eigenvalue weighted by molar-refractivity contribution is 7.98. The van der Waals surface area contributed by atoms with Crippen LogP contribution in [0, 0.1) is 11.3 Å². The van der Waals surface area contributed by atoms with Gasteiger partial charge in [-0.25, -0.2) is 9.97 Å². The molecule has 114 valence electrons. The average molecular weight is 335 g/mol. The Labute approximate surface area is 138 Å². The van der Waals surface area contributed by atoms with E-state index >= 15 is 0 Å². The van der Waals surface area contributed by atoms with Gasteiger partial charge < -0.3 is 10.4 Å². The number of hydrogen-bond donors (Lipinski definition) is 2. The first-order valence-corrected chi connectivity index (χ1v) is 8.26. The van der Waals surface area contributed by atoms with Gasteiger partial charge in [-0.1, -0.05) is 35.5 Å². The summed E-state index contributed by atoms with van der Waals surface area (Å²) in [5, 5.41) is 22.7. The van der Waals surface area contributed by atoms with Crippen molar-refractivity contribution in [3.05, 3.63) is 34.9 Å². The van der Waals surface area contributed by atoms with Crippen LogP contribution in [0.5, 0.6) is 0 Å². The molecule has 1 aromatic heterocycles. The van der Waals surface area contributed by atoms with Crippen LogP contribution in [0.2, 0.25) is 5.02 Å². The highest BCUT2D eigenvalue weighted by atomic mass is 35.5. The largest absolute Gasteiger partial charge is 0.396 e. The van der Waals surface area contributed by atoms with Crippen LogP contribution < -0.4 is 5.32 Å². The molecule has 0 saturated heterocycles. The molecule has 0 aliphatic carbocycles. The quantitative estimate of drug-likeness (QED) is 0.479. The van der Waals surface area contributed by atoms with E-state index in [2.05, 4.69) is 21.4 Å². The third-order valence-corrected chi connectivity index (χ3v) is 3.73. The summed E-state index contributed by atoms with van der Waals surface area (Å²) in [4.78, 5) is 8.80. The fourth-order valence-electron chi connectivity index (χ4n) is 1.87. The Bertz CT molecular complexity index is 685. The Balaban J connectivity index is 2.49. The number of aliphatic hydroxyl groups excluding tert-OH is 1. The van der Waals surface area contributed by atoms with Gasteiger partial charge in [0.15, 0.2) is 5.16 Å². The van der Waals surface area contributed by atoms with E-state index in [-0.39, 0.29) is 6.61 Å². The lowest BCUT2D eigenvalue weighted by Gasteiger charge is -2.12. The second-order valence-electron chi connectivity index (χ2n) is 4.41. The normalized spacial score (nSPS) is 10.3. The van der Waals surface area contributed by atoms with Crippen molar-refractivity contribution in [2.75, 3.05) is 24.7 Å². The molecular formula is C15H15ClN4OS. The molecular weight excluding hydrogens is 320 g/mol. The molecule has 0 aliphatic heterocycles. The molecule has 0 fully saturated rings. The topological polar surface area (TPSA) is 81.8 Å². The van der Waals surface area contributed by atoms with Gasteiger partial charge >= 0.3 is 0 Å². The van der Waals surface area contributed by atoms with Crippen LogP contribution in [-0.2, 0) is 0 Å². The van der Waals surface area contributed by atoms with Gasteiger partial charge in [0, 0.05) is 23.7 Å². The van der Waals surface area contributed by atoms with Crippen molar-refractivity contribution in [2.24, 2.45) is 0 Å². The van der Waals surface area contributed by atoms with Crippen LogP contribution in [0.1, 0.15) is 12.0 Å². The van der Waals surface area contributed by atoms with Crippen LogP contribution >= 0.6 is 23.4 Å². The fourth-order valence-corrected chi connectivity index (χ4v) is 2.36. The Hall–Kier alpha value is -1.81. The zero-order valence-corrected chi connectivity index (χ0v) is 13.6. The summed E-state index contributed by atoms with van der Waals surface area (Å²) >= 11 is 7.32. The molecule has 0 radical (unpaired) electrons. The number of nitrogens with zero attached hydrogens (tertiary/aromatic N) is 3. The van der Waals surface area contributed by atoms with Crippen molar-refractivity contribution in [3.63, 3.8) is 0 Å². The zero-order chi connectivity index (χ0) is 15.9. The Morgan fingerprint density at radius 2 is 2.05 bits per heavy atom. The molecule has 1 heterocycles. The molecule has 0 amide bonds. The fraction of sp³-hybridized carbons (Fsp3) is 0.267. The molecule has 0 bridgehead atoms. The molecule has 0 saturated carbocycles. The van der Waals surface area contributed by atoms with Gasteiger partial charge in [0.25, 0.3) is 0 Å². The number of nitrogens with one attached hydrogen (secondary N) is 1. The van der Waals surface area contributed by atoms with Crippen molar-refractivity contribution in [3.8, 4) is 17.3 Å². The van der Waals surface area contributed by atoms with E-state index in [0.29, 0.717) is 40.2 Å². The van der Waals surface area contributed by atoms with Crippen LogP contribution in [0.25, 0.3) is 11.3 Å². The summed E-state index contributed by atoms with van der Waals surface area (Å²) in [6.07, 6.45) is 2.46. The predicted molar refractivity (Wildman–Crippen MR) is 89.2 cm³/mol. The van der Waals surface area contributed by atoms with Gasteiger partial charge in [0.2, 0.25) is 0 Å². The average Bonchev–Trinajstić information content (AvgIpc) is 2.55. The molecule has 2 N–H and O–H groups in total. The number of rotatable bonds is 6. The second-order valence-corrected chi connectivity index (χ2v) is 5.61. The highest BCUT2D eigenvalue weighted by Gasteiger charge is 2.15. The van der Waals surface area contributed by atoms with Gasteiger partial charge in [-0.15, -0.1) is 0 Å². The van der Waals surface area contributed by atoms with Crippen molar-refractivity contribution >= 4 is 29.2 Å². The maximum atomic E-state index is 9.48. The molecule has 2 aromatic rings. The molecule has 0 atom stereocenters. The third-order valence-electron chi connectivity index (χ3n) is 2.93. The molecule has 1 aromatic carbocycles. The molecule has 2 rings (SSSR count). The summed E-state index contributed by atoms with van der Waals surface area (Å²) in [6, 6.07) is 9.34. The monoisotopic (exact) mass is 334 g/mol. The van der Waals surface area contributed by atoms with Crippen molar-refractivity contribution < 1.29 is 5.11 Å². The van der Waals surface area contributed by atoms with Crippen LogP contribution in [-0.4, -0.2) is 34.5 Å². The maximum Gasteiger partial charge on any atom is 0.189 e. The van der Waals surface area contributed by atoms with E-state index in [0.717, 1.165) is 5.56 Å². The summed E-state index contributed by atoms with van der Waals surface area (Å²) in [5.41, 5.74) is 1.77. The van der Waals surface area contributed by atoms with E-state index in [4.69, 9.17) is 16.7 Å². The number of aromatic nitrogens is 2. The molecule has 22 heavy (non-hydrogen) atoms. The lowest BCUT2D eigenvalue weighted by molar-refractivity contribution is 0.292. The Kier molecular flexibility index (Phi) is 6.01. The summed E-state index contributed by atoms with van der Waals surface area (Å²) in [5.74, 6) is 0.486. The standard InChI is InChI=1S/C15H15ClN4OS/c1-22-15-19-13(10-3-5-11(16)6-4-10)12(9-17)14(20-15)18-7-2-8-21/h3-6,21H,2,7-8H2,1H3,(H,18,19,20). The van der Waals surface area contributed by atoms with Crippen LogP contribution in [0.3, 0.4) is 0 Å². The van der Waals surface area contributed by atoms with Gasteiger partial charge in [-0.2, -0.15) is 5.26 Å². The molecule has 5 nitrogen and oxygen atoms in total. The molecule has 7 heteroatoms. The first-order valence-electron chi connectivity index (χ1n) is 6.66. The van der Waals surface area contributed by atoms with Crippen LogP contribution in [0.4, 0.5) is 5.82 Å². The van der Waals surface area contributed by atoms with E-state index in [1.807, 2.05) is 18.4 Å². The Morgan fingerprint density at radius 1 is 1.32 bits per heavy atom. The lowest BCUT2D eigenvalue weighted by Crippen LogP contribution is -2.09. The maximum absolute atomic E-state index is 9.48. The minimum atomic E-state index is 0.0827. The predicted octanol–water partition coefficient (Wildman–Crippen LogP) is 3.18. The second kappa shape index (κ2) is 7.99. The van der Waals surface area contributed by atoms with E-state index < -0.39 is 0 Å². The van der Waals surface area contributed by atoms with Crippen LogP contribution in [0.15, 0.2) is 29.4 Å². The summed E-state index contributed by atoms with van der Waals surface area (Å²) in [6.45, 7) is 0.621. The van der Waals surface area contributed by atoms with E-state index in [1.165, 1.54) is 11.8 Å². The van der Waals surface area contributed by atoms with Gasteiger partial charge in [-0.3, -0.25) is 0 Å². The molecule has 0 unspecified atom stereocenters. The first-order chi connectivity index (χ1) is 10.7. The zero-order valence-electron chi connectivity index (χ0n) is 12.0. The minimum absolute atomic E-state index is 0.0827. The number of hydrogen-bond acceptors (Lipinski definition) is 6. The third kappa shape index (κ3) is 3.89. The van der Waals surface area contributed by atoms with Gasteiger partial charge in [-0.05, 0) is 24.8 Å². The molecule has 0 spiro atoms. The van der Waals surface area contributed by atoms with Gasteiger partial charge in [0.1, 0.15) is 17.5 Å². The summed E-state index contributed by atoms with van der Waals surface area (Å²) in [7, 11) is 0. The van der Waals surface area contributed by atoms with E-state index in [9.17, 15) is 5.26 Å². The number of nitriles is 1. The first kappa shape index (κ1) is 16.6. The Morgan fingerprint density at radius 3 is 2.64 bits per heavy atom. The number of halogens is 1. The van der Waals surface area contributed by atoms with Crippen molar-refractivity contribution in [1.29, 1.82) is 5.26 Å². The SMILES string of the molecule is CSc1nc(NCCCO)c(C#N)c(-c2ccc(Cl)cc2)n1. The number of thioether (sulfide) groups is 1. The minimum Gasteiger partial charge on any atom is -0.396 e. The molecule has 0 aliphatic rings. The van der Waals surface area contributed by atoms with Gasteiger partial charge in [0.05, 0.1) is 5.69 Å². The van der Waals surface area contributed by atoms with Crippen molar-refractivity contribution in [1.82, 2.24) is 9.97 Å².